The number of ketones is 1. The minimum Gasteiger partial charge on any atom is -0.294 e. The molecule has 0 aliphatic carbocycles. The van der Waals surface area contributed by atoms with Crippen LogP contribution in [0.1, 0.15) is 15.9 Å². The van der Waals surface area contributed by atoms with Gasteiger partial charge in [-0.05, 0) is 51.8 Å². The molecule has 2 rings (SSSR count). The summed E-state index contributed by atoms with van der Waals surface area (Å²) in [5.74, 6) is -1.62. The Hall–Kier alpha value is -1.26. The zero-order valence-electron chi connectivity index (χ0n) is 9.59. The van der Waals surface area contributed by atoms with Gasteiger partial charge in [0.25, 0.3) is 0 Å². The van der Waals surface area contributed by atoms with Crippen molar-refractivity contribution in [3.63, 3.8) is 0 Å². The Balaban J connectivity index is 2.22. The highest BCUT2D eigenvalue weighted by molar-refractivity contribution is 9.10. The molecule has 0 saturated heterocycles. The van der Waals surface area contributed by atoms with E-state index in [-0.39, 0.29) is 12.2 Å². The average Bonchev–Trinajstić information content (AvgIpc) is 2.31. The lowest BCUT2D eigenvalue weighted by Gasteiger charge is -2.04. The molecule has 0 aliphatic rings. The number of carbonyl (C=O) groups is 1. The second kappa shape index (κ2) is 5.80. The number of hydrogen-bond donors (Lipinski definition) is 0. The van der Waals surface area contributed by atoms with Crippen LogP contribution < -0.4 is 0 Å². The van der Waals surface area contributed by atoms with E-state index in [2.05, 4.69) is 15.9 Å². The van der Waals surface area contributed by atoms with Crippen molar-refractivity contribution >= 4 is 33.3 Å². The largest absolute Gasteiger partial charge is 0.294 e. The van der Waals surface area contributed by atoms with Crippen molar-refractivity contribution in [1.29, 1.82) is 0 Å². The maximum Gasteiger partial charge on any atom is 0.167 e. The molecule has 0 bridgehead atoms. The van der Waals surface area contributed by atoms with Crippen molar-refractivity contribution in [1.82, 2.24) is 0 Å². The van der Waals surface area contributed by atoms with Gasteiger partial charge in [-0.25, -0.2) is 8.78 Å². The van der Waals surface area contributed by atoms with Gasteiger partial charge in [-0.3, -0.25) is 4.79 Å². The van der Waals surface area contributed by atoms with Crippen molar-refractivity contribution in [3.05, 3.63) is 68.7 Å². The Morgan fingerprint density at radius 3 is 2.32 bits per heavy atom. The lowest BCUT2D eigenvalue weighted by atomic mass is 10.0. The zero-order valence-corrected chi connectivity index (χ0v) is 11.9. The zero-order chi connectivity index (χ0) is 14.0. The van der Waals surface area contributed by atoms with Crippen LogP contribution in [0.2, 0.25) is 5.02 Å². The van der Waals surface area contributed by atoms with Crippen LogP contribution in [0.4, 0.5) is 8.78 Å². The van der Waals surface area contributed by atoms with Crippen LogP contribution in [0.3, 0.4) is 0 Å². The van der Waals surface area contributed by atoms with Gasteiger partial charge in [0, 0.05) is 22.5 Å². The van der Waals surface area contributed by atoms with Crippen molar-refractivity contribution in [2.24, 2.45) is 0 Å². The molecule has 0 fully saturated rings. The predicted molar refractivity (Wildman–Crippen MR) is 73.5 cm³/mol. The highest BCUT2D eigenvalue weighted by Crippen LogP contribution is 2.24. The molecule has 0 amide bonds. The summed E-state index contributed by atoms with van der Waals surface area (Å²) in [6.45, 7) is 0. The van der Waals surface area contributed by atoms with Crippen LogP contribution in [0, 0.1) is 11.6 Å². The van der Waals surface area contributed by atoms with Gasteiger partial charge >= 0.3 is 0 Å². The summed E-state index contributed by atoms with van der Waals surface area (Å²) in [5.41, 5.74) is 0.731. The summed E-state index contributed by atoms with van der Waals surface area (Å²) in [5, 5.41) is 0.494. The summed E-state index contributed by atoms with van der Waals surface area (Å²) in [6.07, 6.45) is -0.0667. The number of rotatable bonds is 3. The third-order valence-electron chi connectivity index (χ3n) is 2.53. The fourth-order valence-corrected chi connectivity index (χ4v) is 2.17. The van der Waals surface area contributed by atoms with Crippen molar-refractivity contribution in [3.8, 4) is 0 Å². The number of Topliss-reactive ketones (excluding diaryl/α,β-unsaturated/α-hetero) is 1. The van der Waals surface area contributed by atoms with Gasteiger partial charge in [0.05, 0.1) is 5.02 Å². The third-order valence-corrected chi connectivity index (χ3v) is 3.74. The van der Waals surface area contributed by atoms with Gasteiger partial charge in [-0.15, -0.1) is 0 Å². The summed E-state index contributed by atoms with van der Waals surface area (Å²) in [4.78, 5) is 12.0. The van der Waals surface area contributed by atoms with E-state index in [1.54, 1.807) is 18.2 Å². The molecule has 1 nitrogen and oxygen atoms in total. The molecule has 0 radical (unpaired) electrons. The molecular formula is C14H8BrClF2O. The van der Waals surface area contributed by atoms with Crippen LogP contribution in [-0.4, -0.2) is 5.78 Å². The Bertz CT molecular complexity index is 623. The van der Waals surface area contributed by atoms with E-state index >= 15 is 0 Å². The van der Waals surface area contributed by atoms with Crippen molar-refractivity contribution in [2.45, 2.75) is 6.42 Å². The monoisotopic (exact) mass is 344 g/mol. The first kappa shape index (κ1) is 14.2. The quantitative estimate of drug-likeness (QED) is 0.730. The molecule has 0 aliphatic heterocycles. The van der Waals surface area contributed by atoms with Gasteiger partial charge in [-0.1, -0.05) is 11.6 Å². The topological polar surface area (TPSA) is 17.1 Å². The van der Waals surface area contributed by atoms with Crippen LogP contribution >= 0.6 is 27.5 Å². The fourth-order valence-electron chi connectivity index (χ4n) is 1.67. The van der Waals surface area contributed by atoms with Gasteiger partial charge in [-0.2, -0.15) is 0 Å². The number of carbonyl (C=O) groups excluding carboxylic acids is 1. The maximum atomic E-state index is 13.0. The number of halogens is 4. The molecule has 0 heterocycles. The molecule has 0 unspecified atom stereocenters. The van der Waals surface area contributed by atoms with E-state index in [1.807, 2.05) is 0 Å². The second-order valence-corrected chi connectivity index (χ2v) is 5.27. The van der Waals surface area contributed by atoms with Gasteiger partial charge < -0.3 is 0 Å². The molecule has 98 valence electrons. The van der Waals surface area contributed by atoms with E-state index in [4.69, 9.17) is 11.6 Å². The van der Waals surface area contributed by atoms with E-state index in [9.17, 15) is 13.6 Å². The normalized spacial score (nSPS) is 10.5. The average molecular weight is 346 g/mol. The summed E-state index contributed by atoms with van der Waals surface area (Å²) >= 11 is 9.05. The van der Waals surface area contributed by atoms with Crippen LogP contribution in [-0.2, 0) is 6.42 Å². The minimum absolute atomic E-state index is 0.0667. The molecule has 2 aromatic rings. The van der Waals surface area contributed by atoms with E-state index in [0.29, 0.717) is 20.6 Å². The SMILES string of the molecule is O=C(Cc1cc(F)cc(F)c1)c1ccc(Cl)c(Br)c1. The van der Waals surface area contributed by atoms with Crippen LogP contribution in [0.15, 0.2) is 40.9 Å². The molecule has 0 spiro atoms. The summed E-state index contributed by atoms with van der Waals surface area (Å²) in [6, 6.07) is 7.81. The van der Waals surface area contributed by atoms with Gasteiger partial charge in [0.15, 0.2) is 5.78 Å². The summed E-state index contributed by atoms with van der Waals surface area (Å²) < 4.78 is 26.6. The highest BCUT2D eigenvalue weighted by Gasteiger charge is 2.10. The maximum absolute atomic E-state index is 13.0. The van der Waals surface area contributed by atoms with Gasteiger partial charge in [0.1, 0.15) is 11.6 Å². The number of benzene rings is 2. The standard InChI is InChI=1S/C14H8BrClF2O/c15-12-6-9(1-2-13(12)16)14(19)5-8-3-10(17)7-11(18)4-8/h1-4,6-7H,5H2. The lowest BCUT2D eigenvalue weighted by molar-refractivity contribution is 0.0993. The smallest absolute Gasteiger partial charge is 0.167 e. The Labute approximate surface area is 122 Å². The van der Waals surface area contributed by atoms with Crippen LogP contribution in [0.5, 0.6) is 0 Å². The van der Waals surface area contributed by atoms with E-state index < -0.39 is 11.6 Å². The predicted octanol–water partition coefficient (Wildman–Crippen LogP) is 4.81. The molecule has 0 N–H and O–H groups in total. The van der Waals surface area contributed by atoms with Crippen LogP contribution in [0.25, 0.3) is 0 Å². The molecule has 5 heteroatoms. The Morgan fingerprint density at radius 2 is 1.74 bits per heavy atom. The fraction of sp³-hybridized carbons (Fsp3) is 0.0714. The first-order valence-electron chi connectivity index (χ1n) is 5.39. The second-order valence-electron chi connectivity index (χ2n) is 4.01. The van der Waals surface area contributed by atoms with Crippen molar-refractivity contribution < 1.29 is 13.6 Å². The highest BCUT2D eigenvalue weighted by atomic mass is 79.9. The molecule has 0 saturated carbocycles. The molecule has 19 heavy (non-hydrogen) atoms. The molecule has 2 aromatic carbocycles. The van der Waals surface area contributed by atoms with Crippen molar-refractivity contribution in [2.75, 3.05) is 0 Å². The number of hydrogen-bond acceptors (Lipinski definition) is 1. The third kappa shape index (κ3) is 3.61. The van der Waals surface area contributed by atoms with E-state index in [0.717, 1.165) is 18.2 Å². The molecule has 0 aromatic heterocycles. The van der Waals surface area contributed by atoms with E-state index in [1.165, 1.54) is 0 Å². The lowest BCUT2D eigenvalue weighted by Crippen LogP contribution is -2.04. The Kier molecular flexibility index (Phi) is 4.32. The minimum atomic E-state index is -0.694. The van der Waals surface area contributed by atoms with Gasteiger partial charge in [0.2, 0.25) is 0 Å². The molecule has 0 atom stereocenters. The first-order valence-corrected chi connectivity index (χ1v) is 6.56. The molecular weight excluding hydrogens is 338 g/mol. The first-order chi connectivity index (χ1) is 8.95. The summed E-state index contributed by atoms with van der Waals surface area (Å²) in [7, 11) is 0. The Morgan fingerprint density at radius 1 is 1.11 bits per heavy atom.